The van der Waals surface area contributed by atoms with E-state index < -0.39 is 102 Å². The zero-order chi connectivity index (χ0) is 67.3. The topological polar surface area (TPSA) is 593 Å². The number of hydrogen-bond donors (Lipinski definition) is 20. The van der Waals surface area contributed by atoms with Gasteiger partial charge in [-0.25, -0.2) is 0 Å². The van der Waals surface area contributed by atoms with Gasteiger partial charge in [0.05, 0.1) is 0 Å². The molecular weight excluding hydrogens is 1180 g/mol. The summed E-state index contributed by atoms with van der Waals surface area (Å²) in [7, 11) is 0. The van der Waals surface area contributed by atoms with Crippen molar-refractivity contribution in [2.24, 2.45) is 89.9 Å². The fraction of sp³-hybridized carbons (Fsp3) is 0.695. The second-order valence-electron chi connectivity index (χ2n) is 23.6. The number of carbonyl (C=O) groups excluding carboxylic acids is 9. The number of nitrogens with one attached hydrogen (secondary N) is 8. The van der Waals surface area contributed by atoms with E-state index in [9.17, 15) is 48.3 Å². The first kappa shape index (κ1) is 77.1. The Morgan fingerprint density at radius 2 is 0.725 bits per heavy atom. The van der Waals surface area contributed by atoms with E-state index in [4.69, 9.17) is 63.1 Å². The molecule has 9 amide bonds. The number of nitrogens with two attached hydrogens (primary N) is 11. The molecule has 31 N–H and O–H groups in total. The summed E-state index contributed by atoms with van der Waals surface area (Å²) in [4.78, 5) is 137. The van der Waals surface area contributed by atoms with Crippen LogP contribution in [0.25, 0.3) is 0 Å². The SMILES string of the molecule is NCCCC[C@H](NC(=O)[C@H](CCCN=C(N)N)NC(=O)[C@H](CCCN=C(N)N)NC(=O)[C@H](Cc1ccc(O)cc1)NC(=O)C1CCC(NC(=O)[C@H](CCCCN)NC(=O)[C@H](CCCCN)NC(=O)[C@H](CCCN=C(N)N)NC(=O)C2CCC(N)CC2)CC1)C(N)=O. The first-order chi connectivity index (χ1) is 43.4. The number of carbonyl (C=O) groups is 9. The maximum absolute atomic E-state index is 14.6. The normalized spacial score (nSPS) is 18.5. The standard InChI is InChI=1S/C59H106N22O10/c60-28-4-1-10-41(48(64)83)75-52(87)45(14-8-32-72-58(67)68)79-55(90)46(15-9-33-73-59(69)70)80-56(91)47(34-35-16-26-40(82)27-17-35)81-50(85)37-20-24-39(25-21-37)74-51(86)42(11-2-5-29-61)77-53(88)43(12-3-6-30-62)78-54(89)44(13-7-31-71-57(65)66)76-49(84)36-18-22-38(63)23-19-36/h16-17,26-27,36-39,41-47,82H,1-15,18-25,28-34,60-63H2,(H2,64,83)(H,74,86)(H,75,87)(H,76,84)(H,77,88)(H,78,89)(H,79,90)(H,80,91)(H,81,85)(H4,65,66,71)(H4,67,68,72)(H4,69,70,73)/t36?,37?,38?,39?,41-,42-,43-,44-,45-,46-,47-/m0/s1. The summed E-state index contributed by atoms with van der Waals surface area (Å²) in [6.07, 6.45) is 8.23. The number of aromatic hydroxyl groups is 1. The third-order valence-electron chi connectivity index (χ3n) is 16.1. The van der Waals surface area contributed by atoms with Crippen LogP contribution in [-0.2, 0) is 49.6 Å². The summed E-state index contributed by atoms with van der Waals surface area (Å²) in [6.45, 7) is 1.38. The van der Waals surface area contributed by atoms with Gasteiger partial charge in [-0.1, -0.05) is 12.1 Å². The highest BCUT2D eigenvalue weighted by atomic mass is 16.3. The van der Waals surface area contributed by atoms with Gasteiger partial charge in [-0.3, -0.25) is 58.1 Å². The van der Waals surface area contributed by atoms with Crippen molar-refractivity contribution in [1.29, 1.82) is 0 Å². The van der Waals surface area contributed by atoms with Gasteiger partial charge in [0.2, 0.25) is 53.2 Å². The molecule has 3 rings (SSSR count). The first-order valence-corrected chi connectivity index (χ1v) is 32.0. The van der Waals surface area contributed by atoms with E-state index in [0.717, 1.165) is 0 Å². The second kappa shape index (κ2) is 42.8. The van der Waals surface area contributed by atoms with E-state index in [-0.39, 0.29) is 132 Å². The fourth-order valence-electron chi connectivity index (χ4n) is 10.8. The minimum Gasteiger partial charge on any atom is -0.508 e. The number of amides is 9. The molecule has 91 heavy (non-hydrogen) atoms. The summed E-state index contributed by atoms with van der Waals surface area (Å²) in [6, 6.07) is -2.54. The van der Waals surface area contributed by atoms with E-state index in [0.29, 0.717) is 109 Å². The smallest absolute Gasteiger partial charge is 0.243 e. The lowest BCUT2D eigenvalue weighted by Crippen LogP contribution is -2.58. The van der Waals surface area contributed by atoms with Crippen LogP contribution in [-0.4, -0.2) is 170 Å². The van der Waals surface area contributed by atoms with Crippen LogP contribution in [0.1, 0.15) is 153 Å². The minimum atomic E-state index is -1.33. The number of unbranched alkanes of at least 4 members (excludes halogenated alkanes) is 3. The molecule has 0 spiro atoms. The van der Waals surface area contributed by atoms with Gasteiger partial charge in [0.15, 0.2) is 17.9 Å². The van der Waals surface area contributed by atoms with E-state index in [1.807, 2.05) is 0 Å². The van der Waals surface area contributed by atoms with Crippen LogP contribution in [0.5, 0.6) is 5.75 Å². The van der Waals surface area contributed by atoms with Gasteiger partial charge < -0.3 is 111 Å². The molecule has 2 saturated carbocycles. The van der Waals surface area contributed by atoms with Crippen molar-refractivity contribution in [3.05, 3.63) is 29.8 Å². The average Bonchev–Trinajstić information content (AvgIpc) is 1.25. The maximum Gasteiger partial charge on any atom is 0.243 e. The van der Waals surface area contributed by atoms with E-state index >= 15 is 0 Å². The molecule has 512 valence electrons. The van der Waals surface area contributed by atoms with Gasteiger partial charge >= 0.3 is 0 Å². The maximum atomic E-state index is 14.6. The van der Waals surface area contributed by atoms with Gasteiger partial charge in [0.1, 0.15) is 48.0 Å². The lowest BCUT2D eigenvalue weighted by atomic mass is 9.85. The molecule has 32 heteroatoms. The minimum absolute atomic E-state index is 0.000555. The predicted molar refractivity (Wildman–Crippen MR) is 347 cm³/mol. The summed E-state index contributed by atoms with van der Waals surface area (Å²) in [5, 5.41) is 32.7. The number of benzene rings is 1. The number of rotatable bonds is 43. The molecule has 1 aromatic rings. The number of aliphatic imine (C=N–C) groups is 3. The number of phenolic OH excluding ortho intramolecular Hbond substituents is 1. The Morgan fingerprint density at radius 1 is 0.407 bits per heavy atom. The highest BCUT2D eigenvalue weighted by Crippen LogP contribution is 2.26. The predicted octanol–water partition coefficient (Wildman–Crippen LogP) is -4.45. The Labute approximate surface area is 533 Å². The number of nitrogens with zero attached hydrogens (tertiary/aromatic N) is 3. The summed E-state index contributed by atoms with van der Waals surface area (Å²) in [5.41, 5.74) is 62.8. The molecule has 0 saturated heterocycles. The molecule has 2 fully saturated rings. The van der Waals surface area contributed by atoms with E-state index in [1.54, 1.807) is 12.1 Å². The largest absolute Gasteiger partial charge is 0.508 e. The molecule has 0 aromatic heterocycles. The lowest BCUT2D eigenvalue weighted by Gasteiger charge is -2.31. The quantitative estimate of drug-likeness (QED) is 0.0167. The van der Waals surface area contributed by atoms with Crippen LogP contribution in [0.4, 0.5) is 0 Å². The van der Waals surface area contributed by atoms with Crippen LogP contribution in [0, 0.1) is 11.8 Å². The van der Waals surface area contributed by atoms with Crippen molar-refractivity contribution < 1.29 is 48.3 Å². The molecule has 0 radical (unpaired) electrons. The second-order valence-corrected chi connectivity index (χ2v) is 23.6. The average molecular weight is 1280 g/mol. The Bertz CT molecular complexity index is 2530. The molecule has 2 aliphatic rings. The van der Waals surface area contributed by atoms with Gasteiger partial charge in [0.25, 0.3) is 0 Å². The molecule has 0 bridgehead atoms. The molecule has 7 atom stereocenters. The molecule has 0 heterocycles. The highest BCUT2D eigenvalue weighted by Gasteiger charge is 2.36. The van der Waals surface area contributed by atoms with Gasteiger partial charge in [0, 0.05) is 50.0 Å². The lowest BCUT2D eigenvalue weighted by molar-refractivity contribution is -0.135. The fourth-order valence-corrected chi connectivity index (χ4v) is 10.8. The van der Waals surface area contributed by atoms with Crippen molar-refractivity contribution in [3.63, 3.8) is 0 Å². The zero-order valence-corrected chi connectivity index (χ0v) is 52.7. The number of guanidine groups is 3. The monoisotopic (exact) mass is 1280 g/mol. The van der Waals surface area contributed by atoms with Gasteiger partial charge in [-0.2, -0.15) is 0 Å². The Balaban J connectivity index is 1.82. The van der Waals surface area contributed by atoms with Crippen molar-refractivity contribution in [1.82, 2.24) is 42.5 Å². The van der Waals surface area contributed by atoms with Crippen LogP contribution in [0.2, 0.25) is 0 Å². The van der Waals surface area contributed by atoms with Crippen molar-refractivity contribution in [2.75, 3.05) is 39.3 Å². The highest BCUT2D eigenvalue weighted by molar-refractivity contribution is 5.97. The van der Waals surface area contributed by atoms with Crippen molar-refractivity contribution >= 4 is 71.0 Å². The summed E-state index contributed by atoms with van der Waals surface area (Å²) in [5.74, 6) is -7.02. The Kier molecular flexibility index (Phi) is 36.3. The third kappa shape index (κ3) is 31.0. The molecule has 2 aliphatic carbocycles. The van der Waals surface area contributed by atoms with Crippen LogP contribution < -0.4 is 106 Å². The molecular formula is C59H106N22O10. The van der Waals surface area contributed by atoms with E-state index in [2.05, 4.69) is 57.5 Å². The van der Waals surface area contributed by atoms with Crippen LogP contribution >= 0.6 is 0 Å². The molecule has 32 nitrogen and oxygen atoms in total. The number of hydrogen-bond acceptors (Lipinski definition) is 17. The zero-order valence-electron chi connectivity index (χ0n) is 52.7. The van der Waals surface area contributed by atoms with E-state index in [1.165, 1.54) is 12.1 Å². The summed E-state index contributed by atoms with van der Waals surface area (Å²) < 4.78 is 0. The first-order valence-electron chi connectivity index (χ1n) is 32.0. The number of phenols is 1. The van der Waals surface area contributed by atoms with Crippen LogP contribution in [0.15, 0.2) is 39.2 Å². The molecule has 0 unspecified atom stereocenters. The van der Waals surface area contributed by atoms with Gasteiger partial charge in [-0.05, 0) is 185 Å². The van der Waals surface area contributed by atoms with Crippen molar-refractivity contribution in [3.8, 4) is 5.75 Å². The van der Waals surface area contributed by atoms with Gasteiger partial charge in [-0.15, -0.1) is 0 Å². The molecule has 1 aromatic carbocycles. The van der Waals surface area contributed by atoms with Crippen molar-refractivity contribution in [2.45, 2.75) is 208 Å². The Morgan fingerprint density at radius 3 is 1.10 bits per heavy atom. The summed E-state index contributed by atoms with van der Waals surface area (Å²) >= 11 is 0. The number of primary amides is 1. The Hall–Kier alpha value is -8.10. The molecule has 0 aliphatic heterocycles. The van der Waals surface area contributed by atoms with Crippen LogP contribution in [0.3, 0.4) is 0 Å². The third-order valence-corrected chi connectivity index (χ3v) is 16.1.